The molecule has 0 radical (unpaired) electrons. The summed E-state index contributed by atoms with van der Waals surface area (Å²) in [5.41, 5.74) is 1.00. The maximum atomic E-state index is 10.5. The van der Waals surface area contributed by atoms with Crippen LogP contribution >= 0.6 is 0 Å². The molecule has 0 aromatic carbocycles. The summed E-state index contributed by atoms with van der Waals surface area (Å²) in [5.74, 6) is -0.0382. The first kappa shape index (κ1) is 7.51. The van der Waals surface area contributed by atoms with E-state index in [1.165, 1.54) is 6.92 Å². The molecule has 0 spiro atoms. The minimum atomic E-state index is -0.0382. The maximum absolute atomic E-state index is 10.5. The van der Waals surface area contributed by atoms with Crippen molar-refractivity contribution in [3.63, 3.8) is 0 Å². The summed E-state index contributed by atoms with van der Waals surface area (Å²) in [6.07, 6.45) is 0. The van der Waals surface area contributed by atoms with Gasteiger partial charge in [0.1, 0.15) is 0 Å². The average Bonchev–Trinajstić information content (AvgIpc) is 2.13. The molecule has 1 aromatic rings. The fourth-order valence-corrected chi connectivity index (χ4v) is 2.10. The van der Waals surface area contributed by atoms with Crippen LogP contribution in [-0.4, -0.2) is 25.4 Å². The number of hydrogen-bond acceptors (Lipinski definition) is 2. The van der Waals surface area contributed by atoms with E-state index in [0.29, 0.717) is 0 Å². The van der Waals surface area contributed by atoms with Crippen molar-refractivity contribution in [2.24, 2.45) is 0 Å². The Morgan fingerprint density at radius 1 is 1.80 bits per heavy atom. The molecular weight excluding hydrogens is 195 g/mol. The summed E-state index contributed by atoms with van der Waals surface area (Å²) in [6, 6.07) is 0. The van der Waals surface area contributed by atoms with Crippen LogP contribution in [0.25, 0.3) is 0 Å². The molecule has 0 atom stereocenters. The Morgan fingerprint density at radius 2 is 2.50 bits per heavy atom. The van der Waals surface area contributed by atoms with Crippen LogP contribution in [0.5, 0.6) is 0 Å². The number of carbonyl (C=O) groups excluding carboxylic acids is 1. The zero-order valence-electron chi connectivity index (χ0n) is 5.84. The summed E-state index contributed by atoms with van der Waals surface area (Å²) < 4.78 is 0.817. The van der Waals surface area contributed by atoms with Crippen molar-refractivity contribution in [1.29, 1.82) is 0 Å². The molecule has 0 aliphatic rings. The molecule has 0 saturated carbocycles. The van der Waals surface area contributed by atoms with Crippen molar-refractivity contribution >= 4 is 25.1 Å². The zero-order chi connectivity index (χ0) is 7.56. The molecule has 10 heavy (non-hydrogen) atoms. The molecule has 0 aliphatic carbocycles. The quantitative estimate of drug-likeness (QED) is 0.671. The molecule has 4 heteroatoms. The Morgan fingerprint density at radius 3 is 2.90 bits per heavy atom. The van der Waals surface area contributed by atoms with Gasteiger partial charge >= 0.3 is 64.7 Å². The van der Waals surface area contributed by atoms with Crippen molar-refractivity contribution in [3.05, 3.63) is 10.6 Å². The van der Waals surface area contributed by atoms with E-state index >= 15 is 0 Å². The van der Waals surface area contributed by atoms with Crippen molar-refractivity contribution in [3.8, 4) is 0 Å². The number of nitrogens with one attached hydrogen (secondary N) is 1. The van der Waals surface area contributed by atoms with Crippen LogP contribution in [0.2, 0.25) is 0 Å². The predicted octanol–water partition coefficient (Wildman–Crippen LogP) is 0.405. The predicted molar refractivity (Wildman–Crippen MR) is 40.2 cm³/mol. The van der Waals surface area contributed by atoms with Gasteiger partial charge in [-0.25, -0.2) is 0 Å². The van der Waals surface area contributed by atoms with Crippen molar-refractivity contribution < 1.29 is 4.79 Å². The van der Waals surface area contributed by atoms with Gasteiger partial charge in [-0.15, -0.1) is 0 Å². The number of amides is 1. The molecule has 1 rings (SSSR count). The van der Waals surface area contributed by atoms with Crippen LogP contribution in [0, 0.1) is 6.92 Å². The van der Waals surface area contributed by atoms with E-state index in [-0.39, 0.29) is 20.4 Å². The zero-order valence-corrected chi connectivity index (χ0v) is 7.55. The number of nitrogens with zero attached hydrogens (tertiary/aromatic N) is 1. The molecule has 0 bridgehead atoms. The van der Waals surface area contributed by atoms with Crippen molar-refractivity contribution in [2.45, 2.75) is 13.8 Å². The fraction of sp³-hybridized carbons (Fsp3) is 0.333. The van der Waals surface area contributed by atoms with E-state index in [1.54, 1.807) is 0 Å². The van der Waals surface area contributed by atoms with Gasteiger partial charge in [0, 0.05) is 0 Å². The van der Waals surface area contributed by atoms with Crippen LogP contribution in [0.4, 0.5) is 4.69 Å². The van der Waals surface area contributed by atoms with E-state index in [0.717, 1.165) is 10.4 Å². The third kappa shape index (κ3) is 1.97. The first-order chi connectivity index (χ1) is 4.68. The second-order valence-electron chi connectivity index (χ2n) is 1.98. The van der Waals surface area contributed by atoms with Crippen LogP contribution in [-0.2, 0) is 4.79 Å². The summed E-state index contributed by atoms with van der Waals surface area (Å²) in [7, 11) is 0. The van der Waals surface area contributed by atoms with Gasteiger partial charge in [-0.3, -0.25) is 0 Å². The van der Waals surface area contributed by atoms with E-state index in [4.69, 9.17) is 0 Å². The van der Waals surface area contributed by atoms with E-state index in [1.807, 2.05) is 11.9 Å². The first-order valence-corrected chi connectivity index (χ1v) is 4.73. The van der Waals surface area contributed by atoms with E-state index in [2.05, 4.69) is 10.3 Å². The second kappa shape index (κ2) is 2.99. The summed E-state index contributed by atoms with van der Waals surface area (Å²) in [6.45, 7) is 3.42. The standard InChI is InChI=1S/C6H8N2OSe/c1-4-3-10-6(7-4)8-5(2)9/h3H,1-2H3,(H,7,8,9). The van der Waals surface area contributed by atoms with Crippen molar-refractivity contribution in [1.82, 2.24) is 4.98 Å². The van der Waals surface area contributed by atoms with E-state index < -0.39 is 0 Å². The van der Waals surface area contributed by atoms with Gasteiger partial charge in [0.2, 0.25) is 0 Å². The Balaban J connectivity index is 2.67. The number of rotatable bonds is 1. The van der Waals surface area contributed by atoms with Gasteiger partial charge in [-0.1, -0.05) is 0 Å². The molecule has 1 amide bonds. The molecule has 1 heterocycles. The minimum absolute atomic E-state index is 0.0382. The Bertz CT molecular complexity index is 244. The second-order valence-corrected chi connectivity index (χ2v) is 3.78. The molecule has 0 saturated heterocycles. The summed E-state index contributed by atoms with van der Waals surface area (Å²) >= 11 is 0.246. The summed E-state index contributed by atoms with van der Waals surface area (Å²) in [4.78, 5) is 16.6. The molecule has 1 aromatic heterocycles. The number of carbonyl (C=O) groups is 1. The molecule has 3 nitrogen and oxygen atoms in total. The Labute approximate surface area is 65.2 Å². The third-order valence-corrected chi connectivity index (χ3v) is 2.74. The molecule has 1 N–H and O–H groups in total. The number of anilines is 1. The Hall–Kier alpha value is -0.601. The van der Waals surface area contributed by atoms with Crippen LogP contribution in [0.15, 0.2) is 4.94 Å². The number of hydrogen-bond donors (Lipinski definition) is 1. The number of aromatic nitrogens is 1. The van der Waals surface area contributed by atoms with Gasteiger partial charge in [0.25, 0.3) is 0 Å². The monoisotopic (exact) mass is 204 g/mol. The molecular formula is C6H8N2OSe. The van der Waals surface area contributed by atoms with Gasteiger partial charge in [-0.05, 0) is 0 Å². The topological polar surface area (TPSA) is 42.0 Å². The first-order valence-electron chi connectivity index (χ1n) is 2.88. The van der Waals surface area contributed by atoms with Gasteiger partial charge < -0.3 is 0 Å². The van der Waals surface area contributed by atoms with Crippen LogP contribution in [0.3, 0.4) is 0 Å². The summed E-state index contributed by atoms with van der Waals surface area (Å²) in [5, 5.41) is 2.66. The molecule has 0 fully saturated rings. The average molecular weight is 203 g/mol. The third-order valence-electron chi connectivity index (χ3n) is 0.902. The van der Waals surface area contributed by atoms with Gasteiger partial charge in [0.05, 0.1) is 0 Å². The Kier molecular flexibility index (Phi) is 2.25. The molecule has 0 unspecified atom stereocenters. The van der Waals surface area contributed by atoms with Crippen LogP contribution < -0.4 is 5.32 Å². The normalized spacial score (nSPS) is 9.40. The van der Waals surface area contributed by atoms with E-state index in [9.17, 15) is 4.79 Å². The van der Waals surface area contributed by atoms with Crippen LogP contribution in [0.1, 0.15) is 12.6 Å². The van der Waals surface area contributed by atoms with Crippen molar-refractivity contribution in [2.75, 3.05) is 5.32 Å². The molecule has 54 valence electrons. The SMILES string of the molecule is CC(=O)Nc1nc(C)c[se]1. The fourth-order valence-electron chi connectivity index (χ4n) is 0.562. The number of aryl methyl sites for hydroxylation is 1. The van der Waals surface area contributed by atoms with Gasteiger partial charge in [0.15, 0.2) is 0 Å². The van der Waals surface area contributed by atoms with Gasteiger partial charge in [-0.2, -0.15) is 0 Å². The molecule has 0 aliphatic heterocycles.